The lowest BCUT2D eigenvalue weighted by molar-refractivity contribution is 0.422. The molecule has 0 bridgehead atoms. The van der Waals surface area contributed by atoms with Gasteiger partial charge in [0, 0.05) is 5.46 Å². The minimum Gasteiger partial charge on any atom is -0.457 e. The number of ether oxygens (including phenoxy) is 1. The van der Waals surface area contributed by atoms with Crippen LogP contribution in [0.5, 0.6) is 11.5 Å². The van der Waals surface area contributed by atoms with Crippen LogP contribution in [0.25, 0.3) is 0 Å². The molecule has 17 heavy (non-hydrogen) atoms. The summed E-state index contributed by atoms with van der Waals surface area (Å²) in [5, 5.41) is 17.9. The summed E-state index contributed by atoms with van der Waals surface area (Å²) in [5.41, 5.74) is -0.210. The third-order valence-corrected chi connectivity index (χ3v) is 2.22. The number of hydrogen-bond acceptors (Lipinski definition) is 3. The molecule has 2 aromatic rings. The van der Waals surface area contributed by atoms with Crippen molar-refractivity contribution in [2.24, 2.45) is 0 Å². The zero-order chi connectivity index (χ0) is 12.3. The average Bonchev–Trinajstić information content (AvgIpc) is 2.32. The molecule has 0 amide bonds. The van der Waals surface area contributed by atoms with Crippen molar-refractivity contribution in [3.8, 4) is 11.5 Å². The van der Waals surface area contributed by atoms with Crippen LogP contribution in [0.4, 0.5) is 4.39 Å². The highest BCUT2D eigenvalue weighted by molar-refractivity contribution is 6.58. The molecule has 86 valence electrons. The van der Waals surface area contributed by atoms with Gasteiger partial charge in [0.05, 0.1) is 0 Å². The van der Waals surface area contributed by atoms with Crippen molar-refractivity contribution in [1.29, 1.82) is 0 Å². The first-order valence-electron chi connectivity index (χ1n) is 5.05. The number of benzene rings is 2. The summed E-state index contributed by atoms with van der Waals surface area (Å²) in [5.74, 6) is 0.263. The number of para-hydroxylation sites is 1. The molecule has 2 aromatic carbocycles. The molecule has 0 saturated carbocycles. The minimum atomic E-state index is -1.85. The summed E-state index contributed by atoms with van der Waals surface area (Å²) < 4.78 is 18.6. The molecule has 0 radical (unpaired) electrons. The third-order valence-electron chi connectivity index (χ3n) is 2.22. The predicted molar refractivity (Wildman–Crippen MR) is 62.7 cm³/mol. The van der Waals surface area contributed by atoms with Crippen LogP contribution in [0, 0.1) is 5.82 Å². The van der Waals surface area contributed by atoms with Gasteiger partial charge in [-0.05, 0) is 30.3 Å². The Morgan fingerprint density at radius 2 is 1.65 bits per heavy atom. The van der Waals surface area contributed by atoms with Gasteiger partial charge < -0.3 is 14.8 Å². The van der Waals surface area contributed by atoms with Crippen molar-refractivity contribution < 1.29 is 19.2 Å². The maximum Gasteiger partial charge on any atom is 0.491 e. The van der Waals surface area contributed by atoms with E-state index in [4.69, 9.17) is 14.8 Å². The minimum absolute atomic E-state index is 0.210. The van der Waals surface area contributed by atoms with E-state index >= 15 is 0 Å². The van der Waals surface area contributed by atoms with Crippen LogP contribution in [0.15, 0.2) is 48.5 Å². The number of hydrogen-bond donors (Lipinski definition) is 2. The van der Waals surface area contributed by atoms with Crippen LogP contribution in [-0.4, -0.2) is 17.2 Å². The van der Waals surface area contributed by atoms with Gasteiger partial charge in [0.25, 0.3) is 0 Å². The molecule has 0 aliphatic rings. The molecule has 0 aliphatic heterocycles. The summed E-state index contributed by atoms with van der Waals surface area (Å²) in [4.78, 5) is 0. The quantitative estimate of drug-likeness (QED) is 0.784. The highest BCUT2D eigenvalue weighted by Crippen LogP contribution is 2.20. The molecular formula is C12H10BFO3. The summed E-state index contributed by atoms with van der Waals surface area (Å²) >= 11 is 0. The number of halogens is 1. The maximum atomic E-state index is 13.2. The smallest absolute Gasteiger partial charge is 0.457 e. The first kappa shape index (κ1) is 11.6. The molecule has 0 aromatic heterocycles. The van der Waals surface area contributed by atoms with Gasteiger partial charge >= 0.3 is 7.12 Å². The SMILES string of the molecule is OB(O)c1cc(Oc2ccccc2)ccc1F. The zero-order valence-corrected chi connectivity index (χ0v) is 8.88. The molecule has 0 aliphatic carbocycles. The second-order valence-corrected chi connectivity index (χ2v) is 3.47. The van der Waals surface area contributed by atoms with E-state index in [2.05, 4.69) is 0 Å². The van der Waals surface area contributed by atoms with Gasteiger partial charge in [-0.2, -0.15) is 0 Å². The van der Waals surface area contributed by atoms with Crippen LogP contribution >= 0.6 is 0 Å². The first-order valence-corrected chi connectivity index (χ1v) is 5.05. The summed E-state index contributed by atoms with van der Waals surface area (Å²) in [6.07, 6.45) is 0. The highest BCUT2D eigenvalue weighted by atomic mass is 19.1. The predicted octanol–water partition coefficient (Wildman–Crippen LogP) is 1.30. The third kappa shape index (κ3) is 2.84. The first-order chi connectivity index (χ1) is 8.16. The molecule has 2 rings (SSSR count). The van der Waals surface area contributed by atoms with E-state index in [1.165, 1.54) is 12.1 Å². The summed E-state index contributed by atoms with van der Waals surface area (Å²) in [6.45, 7) is 0. The van der Waals surface area contributed by atoms with Crippen LogP contribution in [0.1, 0.15) is 0 Å². The molecule has 0 unspecified atom stereocenters. The fourth-order valence-corrected chi connectivity index (χ4v) is 1.41. The van der Waals surface area contributed by atoms with Gasteiger partial charge in [-0.25, -0.2) is 4.39 Å². The van der Waals surface area contributed by atoms with Crippen molar-refractivity contribution in [3.63, 3.8) is 0 Å². The molecule has 0 fully saturated rings. The van der Waals surface area contributed by atoms with Crippen molar-refractivity contribution in [1.82, 2.24) is 0 Å². The van der Waals surface area contributed by atoms with E-state index in [1.54, 1.807) is 24.3 Å². The zero-order valence-electron chi connectivity index (χ0n) is 8.88. The van der Waals surface area contributed by atoms with Gasteiger partial charge in [0.1, 0.15) is 17.3 Å². The molecule has 2 N–H and O–H groups in total. The van der Waals surface area contributed by atoms with Crippen molar-refractivity contribution in [2.45, 2.75) is 0 Å². The Hall–Kier alpha value is -1.85. The Kier molecular flexibility index (Phi) is 3.42. The van der Waals surface area contributed by atoms with E-state index in [1.807, 2.05) is 6.07 Å². The van der Waals surface area contributed by atoms with Gasteiger partial charge in [-0.1, -0.05) is 18.2 Å². The second-order valence-electron chi connectivity index (χ2n) is 3.47. The molecule has 0 heterocycles. The fraction of sp³-hybridized carbons (Fsp3) is 0. The van der Waals surface area contributed by atoms with Crippen LogP contribution < -0.4 is 10.2 Å². The fourth-order valence-electron chi connectivity index (χ4n) is 1.41. The van der Waals surface area contributed by atoms with Crippen LogP contribution in [0.2, 0.25) is 0 Å². The lowest BCUT2D eigenvalue weighted by Gasteiger charge is -2.08. The van der Waals surface area contributed by atoms with Gasteiger partial charge in [0.2, 0.25) is 0 Å². The monoisotopic (exact) mass is 232 g/mol. The van der Waals surface area contributed by atoms with Gasteiger partial charge in [-0.15, -0.1) is 0 Å². The van der Waals surface area contributed by atoms with Gasteiger partial charge in [-0.3, -0.25) is 0 Å². The van der Waals surface area contributed by atoms with Crippen LogP contribution in [-0.2, 0) is 0 Å². The Bertz CT molecular complexity index is 502. The molecular weight excluding hydrogens is 222 g/mol. The summed E-state index contributed by atoms with van der Waals surface area (Å²) in [7, 11) is -1.85. The lowest BCUT2D eigenvalue weighted by atomic mass is 9.80. The topological polar surface area (TPSA) is 49.7 Å². The Morgan fingerprint density at radius 3 is 2.29 bits per heavy atom. The Balaban J connectivity index is 2.26. The van der Waals surface area contributed by atoms with Crippen molar-refractivity contribution in [3.05, 3.63) is 54.3 Å². The van der Waals surface area contributed by atoms with E-state index < -0.39 is 12.9 Å². The molecule has 0 atom stereocenters. The summed E-state index contributed by atoms with van der Waals surface area (Å²) in [6, 6.07) is 12.8. The van der Waals surface area contributed by atoms with Crippen LogP contribution in [0.3, 0.4) is 0 Å². The van der Waals surface area contributed by atoms with Gasteiger partial charge in [0.15, 0.2) is 0 Å². The highest BCUT2D eigenvalue weighted by Gasteiger charge is 2.17. The Labute approximate surface area is 98.2 Å². The molecule has 0 spiro atoms. The normalized spacial score (nSPS) is 10.1. The average molecular weight is 232 g/mol. The van der Waals surface area contributed by atoms with E-state index in [-0.39, 0.29) is 5.46 Å². The van der Waals surface area contributed by atoms with Crippen molar-refractivity contribution in [2.75, 3.05) is 0 Å². The standard InChI is InChI=1S/C12H10BFO3/c14-12-7-6-10(8-11(12)13(15)16)17-9-4-2-1-3-5-9/h1-8,15-16H. The molecule has 3 nitrogen and oxygen atoms in total. The second kappa shape index (κ2) is 4.99. The van der Waals surface area contributed by atoms with Crippen molar-refractivity contribution >= 4 is 12.6 Å². The largest absolute Gasteiger partial charge is 0.491 e. The lowest BCUT2D eigenvalue weighted by Crippen LogP contribution is -2.32. The maximum absolute atomic E-state index is 13.2. The molecule has 0 saturated heterocycles. The van der Waals surface area contributed by atoms with E-state index in [0.29, 0.717) is 11.5 Å². The number of rotatable bonds is 3. The van der Waals surface area contributed by atoms with E-state index in [0.717, 1.165) is 6.07 Å². The van der Waals surface area contributed by atoms with E-state index in [9.17, 15) is 4.39 Å². The molecule has 5 heteroatoms. The Morgan fingerprint density at radius 1 is 0.941 bits per heavy atom.